The zero-order valence-electron chi connectivity index (χ0n) is 11.4. The second kappa shape index (κ2) is 7.79. The second-order valence-electron chi connectivity index (χ2n) is 4.31. The van der Waals surface area contributed by atoms with Gasteiger partial charge in [0.2, 0.25) is 0 Å². The SMILES string of the molecule is C=CCNC(=NCc1ccccc1)Nc1ccccc1. The summed E-state index contributed by atoms with van der Waals surface area (Å²) < 4.78 is 0. The molecule has 2 rings (SSSR count). The fourth-order valence-electron chi connectivity index (χ4n) is 1.72. The normalized spacial score (nSPS) is 10.9. The van der Waals surface area contributed by atoms with E-state index in [0.29, 0.717) is 13.1 Å². The van der Waals surface area contributed by atoms with Crippen molar-refractivity contribution in [2.24, 2.45) is 4.99 Å². The van der Waals surface area contributed by atoms with Crippen molar-refractivity contribution in [3.63, 3.8) is 0 Å². The molecule has 0 heterocycles. The van der Waals surface area contributed by atoms with E-state index in [2.05, 4.69) is 34.3 Å². The van der Waals surface area contributed by atoms with Crippen LogP contribution in [-0.4, -0.2) is 12.5 Å². The van der Waals surface area contributed by atoms with Crippen LogP contribution >= 0.6 is 0 Å². The molecule has 2 aromatic rings. The summed E-state index contributed by atoms with van der Waals surface area (Å²) in [6.45, 7) is 5.03. The van der Waals surface area contributed by atoms with Gasteiger partial charge in [0, 0.05) is 12.2 Å². The average Bonchev–Trinajstić information content (AvgIpc) is 2.52. The van der Waals surface area contributed by atoms with Gasteiger partial charge in [0.25, 0.3) is 0 Å². The van der Waals surface area contributed by atoms with Crippen LogP contribution in [0, 0.1) is 0 Å². The molecular weight excluding hydrogens is 246 g/mol. The summed E-state index contributed by atoms with van der Waals surface area (Å²) in [5.74, 6) is 0.750. The molecule has 0 bridgehead atoms. The third-order valence-corrected chi connectivity index (χ3v) is 2.71. The number of hydrogen-bond donors (Lipinski definition) is 2. The highest BCUT2D eigenvalue weighted by Gasteiger charge is 1.98. The van der Waals surface area contributed by atoms with Crippen molar-refractivity contribution in [3.05, 3.63) is 78.9 Å². The number of benzene rings is 2. The van der Waals surface area contributed by atoms with Crippen LogP contribution < -0.4 is 10.6 Å². The number of nitrogens with one attached hydrogen (secondary N) is 2. The van der Waals surface area contributed by atoms with Gasteiger partial charge in [0.1, 0.15) is 0 Å². The van der Waals surface area contributed by atoms with Gasteiger partial charge in [-0.25, -0.2) is 4.99 Å². The molecule has 0 spiro atoms. The van der Waals surface area contributed by atoms with E-state index in [4.69, 9.17) is 0 Å². The van der Waals surface area contributed by atoms with Crippen LogP contribution in [0.2, 0.25) is 0 Å². The third kappa shape index (κ3) is 4.61. The summed E-state index contributed by atoms with van der Waals surface area (Å²) in [4.78, 5) is 4.57. The first kappa shape index (κ1) is 13.9. The molecule has 0 aromatic heterocycles. The molecule has 0 aliphatic heterocycles. The smallest absolute Gasteiger partial charge is 0.196 e. The molecule has 3 nitrogen and oxygen atoms in total. The largest absolute Gasteiger partial charge is 0.353 e. The van der Waals surface area contributed by atoms with E-state index in [1.54, 1.807) is 0 Å². The number of aliphatic imine (C=N–C) groups is 1. The predicted molar refractivity (Wildman–Crippen MR) is 85.8 cm³/mol. The van der Waals surface area contributed by atoms with Gasteiger partial charge in [-0.05, 0) is 17.7 Å². The van der Waals surface area contributed by atoms with Crippen LogP contribution in [0.1, 0.15) is 5.56 Å². The Hall–Kier alpha value is -2.55. The van der Waals surface area contributed by atoms with E-state index < -0.39 is 0 Å². The number of rotatable bonds is 5. The zero-order chi connectivity index (χ0) is 14.0. The van der Waals surface area contributed by atoms with Gasteiger partial charge < -0.3 is 10.6 Å². The molecule has 0 atom stereocenters. The minimum Gasteiger partial charge on any atom is -0.353 e. The van der Waals surface area contributed by atoms with Gasteiger partial charge in [-0.15, -0.1) is 6.58 Å². The molecule has 3 heteroatoms. The number of nitrogens with zero attached hydrogens (tertiary/aromatic N) is 1. The first-order valence-electron chi connectivity index (χ1n) is 6.63. The van der Waals surface area contributed by atoms with Crippen LogP contribution in [0.5, 0.6) is 0 Å². The Kier molecular flexibility index (Phi) is 5.40. The van der Waals surface area contributed by atoms with Crippen molar-refractivity contribution in [1.29, 1.82) is 0 Å². The van der Waals surface area contributed by atoms with Crippen LogP contribution in [0.4, 0.5) is 5.69 Å². The highest BCUT2D eigenvalue weighted by molar-refractivity contribution is 5.93. The monoisotopic (exact) mass is 265 g/mol. The summed E-state index contributed by atoms with van der Waals surface area (Å²) in [6, 6.07) is 20.2. The van der Waals surface area contributed by atoms with E-state index in [1.165, 1.54) is 5.56 Å². The molecule has 2 N–H and O–H groups in total. The lowest BCUT2D eigenvalue weighted by molar-refractivity contribution is 0.980. The number of para-hydroxylation sites is 1. The molecule has 0 aliphatic rings. The highest BCUT2D eigenvalue weighted by atomic mass is 15.2. The average molecular weight is 265 g/mol. The van der Waals surface area contributed by atoms with Crippen molar-refractivity contribution in [2.75, 3.05) is 11.9 Å². The second-order valence-corrected chi connectivity index (χ2v) is 4.31. The van der Waals surface area contributed by atoms with E-state index in [-0.39, 0.29) is 0 Å². The summed E-state index contributed by atoms with van der Waals surface area (Å²) in [5, 5.41) is 6.48. The Bertz CT molecular complexity index is 547. The molecular formula is C17H19N3. The Balaban J connectivity index is 2.04. The summed E-state index contributed by atoms with van der Waals surface area (Å²) in [7, 11) is 0. The van der Waals surface area contributed by atoms with Gasteiger partial charge >= 0.3 is 0 Å². The first-order chi connectivity index (χ1) is 9.88. The van der Waals surface area contributed by atoms with Crippen molar-refractivity contribution >= 4 is 11.6 Å². The fourth-order valence-corrected chi connectivity index (χ4v) is 1.72. The lowest BCUT2D eigenvalue weighted by Gasteiger charge is -2.11. The van der Waals surface area contributed by atoms with Crippen molar-refractivity contribution < 1.29 is 0 Å². The summed E-state index contributed by atoms with van der Waals surface area (Å²) in [5.41, 5.74) is 2.19. The molecule has 0 saturated carbocycles. The van der Waals surface area contributed by atoms with E-state index >= 15 is 0 Å². The van der Waals surface area contributed by atoms with E-state index in [0.717, 1.165) is 11.6 Å². The van der Waals surface area contributed by atoms with Gasteiger partial charge in [0.05, 0.1) is 6.54 Å². The number of hydrogen-bond acceptors (Lipinski definition) is 1. The minimum atomic E-state index is 0.639. The molecule has 0 amide bonds. The number of guanidine groups is 1. The Morgan fingerprint density at radius 2 is 1.65 bits per heavy atom. The third-order valence-electron chi connectivity index (χ3n) is 2.71. The Morgan fingerprint density at radius 1 is 1.00 bits per heavy atom. The fraction of sp³-hybridized carbons (Fsp3) is 0.118. The van der Waals surface area contributed by atoms with E-state index in [9.17, 15) is 0 Å². The van der Waals surface area contributed by atoms with Crippen molar-refractivity contribution in [3.8, 4) is 0 Å². The molecule has 0 fully saturated rings. The Labute approximate surface area is 120 Å². The zero-order valence-corrected chi connectivity index (χ0v) is 11.4. The van der Waals surface area contributed by atoms with Crippen LogP contribution in [-0.2, 0) is 6.54 Å². The lowest BCUT2D eigenvalue weighted by atomic mass is 10.2. The minimum absolute atomic E-state index is 0.639. The molecule has 20 heavy (non-hydrogen) atoms. The van der Waals surface area contributed by atoms with Gasteiger partial charge in [-0.2, -0.15) is 0 Å². The molecule has 0 saturated heterocycles. The summed E-state index contributed by atoms with van der Waals surface area (Å²) in [6.07, 6.45) is 1.81. The molecule has 0 aliphatic carbocycles. The quantitative estimate of drug-likeness (QED) is 0.493. The topological polar surface area (TPSA) is 36.4 Å². The van der Waals surface area contributed by atoms with Gasteiger partial charge in [-0.3, -0.25) is 0 Å². The van der Waals surface area contributed by atoms with Crippen LogP contribution in [0.15, 0.2) is 78.3 Å². The van der Waals surface area contributed by atoms with Crippen molar-refractivity contribution in [2.45, 2.75) is 6.54 Å². The molecule has 2 aromatic carbocycles. The summed E-state index contributed by atoms with van der Waals surface area (Å²) >= 11 is 0. The predicted octanol–water partition coefficient (Wildman–Crippen LogP) is 3.43. The molecule has 0 radical (unpaired) electrons. The van der Waals surface area contributed by atoms with Gasteiger partial charge in [0.15, 0.2) is 5.96 Å². The maximum Gasteiger partial charge on any atom is 0.196 e. The first-order valence-corrected chi connectivity index (χ1v) is 6.63. The van der Waals surface area contributed by atoms with Gasteiger partial charge in [-0.1, -0.05) is 54.6 Å². The van der Waals surface area contributed by atoms with Crippen LogP contribution in [0.3, 0.4) is 0 Å². The Morgan fingerprint density at radius 3 is 2.30 bits per heavy atom. The molecule has 102 valence electrons. The number of anilines is 1. The standard InChI is InChI=1S/C17H19N3/c1-2-13-18-17(20-16-11-7-4-8-12-16)19-14-15-9-5-3-6-10-15/h2-12H,1,13-14H2,(H2,18,19,20). The lowest BCUT2D eigenvalue weighted by Crippen LogP contribution is -2.30. The van der Waals surface area contributed by atoms with Crippen molar-refractivity contribution in [1.82, 2.24) is 5.32 Å². The highest BCUT2D eigenvalue weighted by Crippen LogP contribution is 2.05. The van der Waals surface area contributed by atoms with E-state index in [1.807, 2.05) is 54.6 Å². The molecule has 0 unspecified atom stereocenters. The van der Waals surface area contributed by atoms with Crippen LogP contribution in [0.25, 0.3) is 0 Å². The maximum absolute atomic E-state index is 4.57. The maximum atomic E-state index is 4.57.